The van der Waals surface area contributed by atoms with Crippen molar-refractivity contribution in [2.75, 3.05) is 24.7 Å². The van der Waals surface area contributed by atoms with Crippen LogP contribution in [0.15, 0.2) is 30.9 Å². The van der Waals surface area contributed by atoms with Gasteiger partial charge >= 0.3 is 0 Å². The summed E-state index contributed by atoms with van der Waals surface area (Å²) < 4.78 is 5.11. The van der Waals surface area contributed by atoms with Crippen LogP contribution in [0.3, 0.4) is 0 Å². The van der Waals surface area contributed by atoms with Crippen molar-refractivity contribution in [2.45, 2.75) is 6.42 Å². The van der Waals surface area contributed by atoms with E-state index in [1.54, 1.807) is 7.11 Å². The second-order valence-corrected chi connectivity index (χ2v) is 2.96. The molecule has 0 fully saturated rings. The van der Waals surface area contributed by atoms with Crippen molar-refractivity contribution in [1.29, 1.82) is 0 Å². The highest BCUT2D eigenvalue weighted by Crippen LogP contribution is 2.24. The molecule has 0 aromatic heterocycles. The Morgan fingerprint density at radius 1 is 1.57 bits per heavy atom. The van der Waals surface area contributed by atoms with Crippen LogP contribution in [0.2, 0.25) is 0 Å². The van der Waals surface area contributed by atoms with Gasteiger partial charge in [-0.3, -0.25) is 0 Å². The maximum atomic E-state index is 5.69. The first-order valence-corrected chi connectivity index (χ1v) is 4.56. The van der Waals surface area contributed by atoms with Gasteiger partial charge in [0.05, 0.1) is 12.8 Å². The van der Waals surface area contributed by atoms with Crippen LogP contribution in [-0.4, -0.2) is 13.7 Å². The van der Waals surface area contributed by atoms with Gasteiger partial charge in [0, 0.05) is 18.3 Å². The Kier molecular flexibility index (Phi) is 3.85. The maximum Gasteiger partial charge on any atom is 0.143 e. The van der Waals surface area contributed by atoms with Gasteiger partial charge in [0.25, 0.3) is 0 Å². The van der Waals surface area contributed by atoms with E-state index in [0.717, 1.165) is 18.7 Å². The minimum atomic E-state index is 0.654. The van der Waals surface area contributed by atoms with E-state index in [4.69, 9.17) is 10.5 Å². The topological polar surface area (TPSA) is 47.3 Å². The lowest BCUT2D eigenvalue weighted by Crippen LogP contribution is -2.01. The predicted molar refractivity (Wildman–Crippen MR) is 60.7 cm³/mol. The van der Waals surface area contributed by atoms with Gasteiger partial charge in [-0.2, -0.15) is 0 Å². The fourth-order valence-electron chi connectivity index (χ4n) is 1.14. The molecule has 1 aromatic carbocycles. The minimum absolute atomic E-state index is 0.654. The summed E-state index contributed by atoms with van der Waals surface area (Å²) in [6.45, 7) is 4.53. The number of hydrogen-bond donors (Lipinski definition) is 2. The number of rotatable bonds is 5. The third-order valence-electron chi connectivity index (χ3n) is 1.91. The Morgan fingerprint density at radius 2 is 2.36 bits per heavy atom. The first-order chi connectivity index (χ1) is 6.77. The summed E-state index contributed by atoms with van der Waals surface area (Å²) in [5.74, 6) is 0.702. The summed E-state index contributed by atoms with van der Waals surface area (Å²) in [5, 5.41) is 3.24. The average Bonchev–Trinajstić information content (AvgIpc) is 2.21. The fourth-order valence-corrected chi connectivity index (χ4v) is 1.14. The standard InChI is InChI=1S/C11H16N2O/c1-3-4-7-13-9-5-6-10(12)11(8-9)14-2/h3,5-6,8,13H,1,4,7,12H2,2H3. The molecule has 0 saturated heterocycles. The minimum Gasteiger partial charge on any atom is -0.495 e. The van der Waals surface area contributed by atoms with Gasteiger partial charge in [0.15, 0.2) is 0 Å². The molecule has 14 heavy (non-hydrogen) atoms. The Bertz CT molecular complexity index is 310. The lowest BCUT2D eigenvalue weighted by molar-refractivity contribution is 0.417. The number of anilines is 2. The molecule has 0 aliphatic heterocycles. The van der Waals surface area contributed by atoms with Crippen molar-refractivity contribution in [3.8, 4) is 5.75 Å². The number of nitrogen functional groups attached to an aromatic ring is 1. The third kappa shape index (κ3) is 2.69. The zero-order valence-corrected chi connectivity index (χ0v) is 8.42. The van der Waals surface area contributed by atoms with Gasteiger partial charge < -0.3 is 15.8 Å². The normalized spacial score (nSPS) is 9.50. The summed E-state index contributed by atoms with van der Waals surface area (Å²) in [7, 11) is 1.61. The Balaban J connectivity index is 2.64. The van der Waals surface area contributed by atoms with E-state index in [-0.39, 0.29) is 0 Å². The van der Waals surface area contributed by atoms with E-state index in [1.807, 2.05) is 24.3 Å². The zero-order valence-electron chi connectivity index (χ0n) is 8.42. The number of hydrogen-bond acceptors (Lipinski definition) is 3. The molecule has 3 N–H and O–H groups in total. The SMILES string of the molecule is C=CCCNc1ccc(N)c(OC)c1. The summed E-state index contributed by atoms with van der Waals surface area (Å²) in [4.78, 5) is 0. The largest absolute Gasteiger partial charge is 0.495 e. The number of nitrogens with two attached hydrogens (primary N) is 1. The number of ether oxygens (including phenoxy) is 1. The van der Waals surface area contributed by atoms with Gasteiger partial charge in [-0.25, -0.2) is 0 Å². The second-order valence-electron chi connectivity index (χ2n) is 2.96. The van der Waals surface area contributed by atoms with Gasteiger partial charge in [0.2, 0.25) is 0 Å². The highest BCUT2D eigenvalue weighted by atomic mass is 16.5. The molecule has 1 aromatic rings. The van der Waals surface area contributed by atoms with E-state index in [1.165, 1.54) is 0 Å². The van der Waals surface area contributed by atoms with Crippen molar-refractivity contribution in [2.24, 2.45) is 0 Å². The van der Waals surface area contributed by atoms with Gasteiger partial charge in [-0.1, -0.05) is 6.08 Å². The van der Waals surface area contributed by atoms with E-state index >= 15 is 0 Å². The van der Waals surface area contributed by atoms with Crippen molar-refractivity contribution in [1.82, 2.24) is 0 Å². The van der Waals surface area contributed by atoms with Crippen molar-refractivity contribution >= 4 is 11.4 Å². The number of nitrogens with one attached hydrogen (secondary N) is 1. The molecule has 0 saturated carbocycles. The molecule has 0 amide bonds. The zero-order chi connectivity index (χ0) is 10.4. The molecular weight excluding hydrogens is 176 g/mol. The molecule has 3 heteroatoms. The molecule has 76 valence electrons. The molecule has 0 heterocycles. The van der Waals surface area contributed by atoms with E-state index in [2.05, 4.69) is 11.9 Å². The molecular formula is C11H16N2O. The summed E-state index contributed by atoms with van der Waals surface area (Å²) >= 11 is 0. The molecule has 0 spiro atoms. The van der Waals surface area contributed by atoms with Crippen molar-refractivity contribution in [3.63, 3.8) is 0 Å². The number of benzene rings is 1. The van der Waals surface area contributed by atoms with E-state index in [0.29, 0.717) is 11.4 Å². The first-order valence-electron chi connectivity index (χ1n) is 4.56. The van der Waals surface area contributed by atoms with Crippen LogP contribution in [0, 0.1) is 0 Å². The lowest BCUT2D eigenvalue weighted by atomic mass is 10.2. The van der Waals surface area contributed by atoms with Crippen LogP contribution in [0.1, 0.15) is 6.42 Å². The van der Waals surface area contributed by atoms with Crippen LogP contribution in [0.5, 0.6) is 5.75 Å². The molecule has 0 atom stereocenters. The second kappa shape index (κ2) is 5.17. The van der Waals surface area contributed by atoms with E-state index in [9.17, 15) is 0 Å². The average molecular weight is 192 g/mol. The maximum absolute atomic E-state index is 5.69. The number of methoxy groups -OCH3 is 1. The first kappa shape index (κ1) is 10.4. The van der Waals surface area contributed by atoms with E-state index < -0.39 is 0 Å². The Hall–Kier alpha value is -1.64. The van der Waals surface area contributed by atoms with Crippen LogP contribution < -0.4 is 15.8 Å². The van der Waals surface area contributed by atoms with Gasteiger partial charge in [0.1, 0.15) is 5.75 Å². The summed E-state index contributed by atoms with van der Waals surface area (Å²) in [5.41, 5.74) is 7.35. The van der Waals surface area contributed by atoms with Crippen LogP contribution in [0.25, 0.3) is 0 Å². The summed E-state index contributed by atoms with van der Waals surface area (Å²) in [6.07, 6.45) is 2.81. The quantitative estimate of drug-likeness (QED) is 0.427. The van der Waals surface area contributed by atoms with Gasteiger partial charge in [-0.05, 0) is 18.6 Å². The highest BCUT2D eigenvalue weighted by molar-refractivity contribution is 5.61. The molecule has 3 nitrogen and oxygen atoms in total. The van der Waals surface area contributed by atoms with Crippen LogP contribution >= 0.6 is 0 Å². The highest BCUT2D eigenvalue weighted by Gasteiger charge is 1.99. The van der Waals surface area contributed by atoms with Crippen LogP contribution in [0.4, 0.5) is 11.4 Å². The molecule has 0 aliphatic carbocycles. The van der Waals surface area contributed by atoms with Crippen LogP contribution in [-0.2, 0) is 0 Å². The third-order valence-corrected chi connectivity index (χ3v) is 1.91. The molecule has 0 bridgehead atoms. The Morgan fingerprint density at radius 3 is 3.00 bits per heavy atom. The molecule has 0 unspecified atom stereocenters. The van der Waals surface area contributed by atoms with Gasteiger partial charge in [-0.15, -0.1) is 6.58 Å². The Labute approximate surface area is 84.6 Å². The predicted octanol–water partition coefficient (Wildman–Crippen LogP) is 2.27. The molecule has 0 radical (unpaired) electrons. The van der Waals surface area contributed by atoms with Crippen molar-refractivity contribution in [3.05, 3.63) is 30.9 Å². The monoisotopic (exact) mass is 192 g/mol. The fraction of sp³-hybridized carbons (Fsp3) is 0.273. The summed E-state index contributed by atoms with van der Waals surface area (Å²) in [6, 6.07) is 5.65. The van der Waals surface area contributed by atoms with Crippen molar-refractivity contribution < 1.29 is 4.74 Å². The lowest BCUT2D eigenvalue weighted by Gasteiger charge is -2.08. The smallest absolute Gasteiger partial charge is 0.143 e. The molecule has 0 aliphatic rings. The molecule has 1 rings (SSSR count).